The predicted octanol–water partition coefficient (Wildman–Crippen LogP) is 4.28. The van der Waals surface area contributed by atoms with E-state index in [4.69, 9.17) is 0 Å². The zero-order valence-electron chi connectivity index (χ0n) is 20.0. The summed E-state index contributed by atoms with van der Waals surface area (Å²) in [5.41, 5.74) is 1.06. The van der Waals surface area contributed by atoms with Crippen LogP contribution in [0.5, 0.6) is 0 Å². The number of benzene rings is 3. The van der Waals surface area contributed by atoms with Crippen molar-refractivity contribution in [1.82, 2.24) is 14.0 Å². The Hall–Kier alpha value is -4.00. The summed E-state index contributed by atoms with van der Waals surface area (Å²) >= 11 is 0. The minimum atomic E-state index is -0.546. The van der Waals surface area contributed by atoms with Gasteiger partial charge < -0.3 is 4.90 Å². The third-order valence-electron chi connectivity index (χ3n) is 6.85. The lowest BCUT2D eigenvalue weighted by molar-refractivity contribution is -0.130. The van der Waals surface area contributed by atoms with Gasteiger partial charge in [-0.15, -0.1) is 0 Å². The highest BCUT2D eigenvalue weighted by atomic mass is 19.1. The minimum absolute atomic E-state index is 0.00524. The summed E-state index contributed by atoms with van der Waals surface area (Å²) in [6.07, 6.45) is 4.68. The van der Waals surface area contributed by atoms with E-state index in [2.05, 4.69) is 0 Å². The van der Waals surface area contributed by atoms with Crippen LogP contribution >= 0.6 is 0 Å². The SMILES string of the molecule is O=C(Cc1ccc(-n2c(=O)c3ccccc3n(Cc3ccccc3F)c2=O)cc1)N1CCCCCC1. The summed E-state index contributed by atoms with van der Waals surface area (Å²) in [5, 5.41) is 0.369. The second-order valence-corrected chi connectivity index (χ2v) is 9.26. The summed E-state index contributed by atoms with van der Waals surface area (Å²) in [7, 11) is 0. The van der Waals surface area contributed by atoms with Crippen LogP contribution in [0.1, 0.15) is 36.8 Å². The monoisotopic (exact) mass is 485 g/mol. The van der Waals surface area contributed by atoms with Gasteiger partial charge in [-0.25, -0.2) is 13.8 Å². The summed E-state index contributed by atoms with van der Waals surface area (Å²) in [6, 6.07) is 20.1. The third-order valence-corrected chi connectivity index (χ3v) is 6.85. The molecule has 2 heterocycles. The highest BCUT2D eigenvalue weighted by molar-refractivity contribution is 5.79. The van der Waals surface area contributed by atoms with Gasteiger partial charge >= 0.3 is 5.69 Å². The van der Waals surface area contributed by atoms with Gasteiger partial charge in [-0.1, -0.05) is 55.3 Å². The number of carbonyl (C=O) groups excluding carboxylic acids is 1. The van der Waals surface area contributed by atoms with Crippen molar-refractivity contribution in [3.8, 4) is 5.69 Å². The van der Waals surface area contributed by atoms with Crippen molar-refractivity contribution < 1.29 is 9.18 Å². The Balaban J connectivity index is 1.50. The topological polar surface area (TPSA) is 64.3 Å². The van der Waals surface area contributed by atoms with Gasteiger partial charge in [0, 0.05) is 18.7 Å². The fraction of sp³-hybridized carbons (Fsp3) is 0.276. The van der Waals surface area contributed by atoms with E-state index in [1.807, 2.05) is 4.90 Å². The second kappa shape index (κ2) is 10.3. The third kappa shape index (κ3) is 4.73. The number of hydrogen-bond acceptors (Lipinski definition) is 3. The van der Waals surface area contributed by atoms with Gasteiger partial charge in [0.05, 0.1) is 29.6 Å². The van der Waals surface area contributed by atoms with E-state index in [0.29, 0.717) is 22.2 Å². The van der Waals surface area contributed by atoms with Crippen LogP contribution in [0.25, 0.3) is 16.6 Å². The smallest absolute Gasteiger partial charge is 0.336 e. The van der Waals surface area contributed by atoms with Crippen LogP contribution in [0.2, 0.25) is 0 Å². The largest absolute Gasteiger partial charge is 0.342 e. The molecule has 0 aliphatic carbocycles. The molecule has 184 valence electrons. The summed E-state index contributed by atoms with van der Waals surface area (Å²) < 4.78 is 16.9. The maximum absolute atomic E-state index is 14.4. The van der Waals surface area contributed by atoms with E-state index in [1.54, 1.807) is 66.7 Å². The van der Waals surface area contributed by atoms with E-state index >= 15 is 0 Å². The van der Waals surface area contributed by atoms with Crippen molar-refractivity contribution in [2.24, 2.45) is 0 Å². The molecule has 0 radical (unpaired) electrons. The van der Waals surface area contributed by atoms with E-state index in [1.165, 1.54) is 10.6 Å². The molecule has 0 spiro atoms. The summed E-state index contributed by atoms with van der Waals surface area (Å²) in [6.45, 7) is 1.59. The van der Waals surface area contributed by atoms with E-state index in [-0.39, 0.29) is 18.9 Å². The van der Waals surface area contributed by atoms with Crippen LogP contribution in [0.15, 0.2) is 82.4 Å². The lowest BCUT2D eigenvalue weighted by Crippen LogP contribution is -2.39. The first-order valence-corrected chi connectivity index (χ1v) is 12.4. The second-order valence-electron chi connectivity index (χ2n) is 9.26. The van der Waals surface area contributed by atoms with E-state index < -0.39 is 17.1 Å². The first-order chi connectivity index (χ1) is 17.5. The van der Waals surface area contributed by atoms with E-state index in [0.717, 1.165) is 48.9 Å². The fourth-order valence-electron chi connectivity index (χ4n) is 4.87. The molecule has 4 aromatic rings. The molecule has 1 saturated heterocycles. The molecule has 7 heteroatoms. The Morgan fingerprint density at radius 2 is 1.47 bits per heavy atom. The Kier molecular flexibility index (Phi) is 6.80. The Bertz CT molecular complexity index is 1510. The summed E-state index contributed by atoms with van der Waals surface area (Å²) in [5.74, 6) is -0.315. The number of fused-ring (bicyclic) bond motifs is 1. The lowest BCUT2D eigenvalue weighted by Gasteiger charge is -2.20. The standard InChI is InChI=1S/C29H28FN3O3/c30-25-11-5-3-9-22(25)20-32-26-12-6-4-10-24(26)28(35)33(29(32)36)23-15-13-21(14-16-23)19-27(34)31-17-7-1-2-8-18-31/h3-6,9-16H,1-2,7-8,17-20H2. The number of rotatable bonds is 5. The molecular formula is C29H28FN3O3. The number of aromatic nitrogens is 2. The molecule has 3 aromatic carbocycles. The maximum atomic E-state index is 14.4. The van der Waals surface area contributed by atoms with Crippen LogP contribution in [0.3, 0.4) is 0 Å². The van der Waals surface area contributed by atoms with Crippen LogP contribution in [0, 0.1) is 5.82 Å². The van der Waals surface area contributed by atoms with Crippen molar-refractivity contribution in [3.63, 3.8) is 0 Å². The van der Waals surface area contributed by atoms with Gasteiger partial charge in [0.2, 0.25) is 5.91 Å². The number of amides is 1. The first kappa shape index (κ1) is 23.7. The number of hydrogen-bond donors (Lipinski definition) is 0. The van der Waals surface area contributed by atoms with Crippen molar-refractivity contribution in [2.75, 3.05) is 13.1 Å². The quantitative estimate of drug-likeness (QED) is 0.424. The Morgan fingerprint density at radius 1 is 0.806 bits per heavy atom. The number of carbonyl (C=O) groups is 1. The molecule has 6 nitrogen and oxygen atoms in total. The Labute approximate surface area is 208 Å². The normalized spacial score (nSPS) is 14.1. The van der Waals surface area contributed by atoms with Gasteiger partial charge in [0.15, 0.2) is 0 Å². The van der Waals surface area contributed by atoms with Crippen LogP contribution in [0.4, 0.5) is 4.39 Å². The highest BCUT2D eigenvalue weighted by Crippen LogP contribution is 2.16. The first-order valence-electron chi connectivity index (χ1n) is 12.4. The number of likely N-dealkylation sites (tertiary alicyclic amines) is 1. The molecule has 0 saturated carbocycles. The average Bonchev–Trinajstić information content (AvgIpc) is 3.19. The molecular weight excluding hydrogens is 457 g/mol. The van der Waals surface area contributed by atoms with Crippen LogP contribution in [-0.4, -0.2) is 33.0 Å². The molecule has 0 atom stereocenters. The maximum Gasteiger partial charge on any atom is 0.336 e. The molecule has 36 heavy (non-hydrogen) atoms. The molecule has 1 aromatic heterocycles. The number of halogens is 1. The van der Waals surface area contributed by atoms with Crippen molar-refractivity contribution in [1.29, 1.82) is 0 Å². The minimum Gasteiger partial charge on any atom is -0.342 e. The zero-order valence-corrected chi connectivity index (χ0v) is 20.0. The predicted molar refractivity (Wildman–Crippen MR) is 138 cm³/mol. The van der Waals surface area contributed by atoms with Crippen molar-refractivity contribution >= 4 is 16.8 Å². The molecule has 1 aliphatic heterocycles. The van der Waals surface area contributed by atoms with E-state index in [9.17, 15) is 18.8 Å². The number of nitrogens with zero attached hydrogens (tertiary/aromatic N) is 3. The highest BCUT2D eigenvalue weighted by Gasteiger charge is 2.18. The van der Waals surface area contributed by atoms with Crippen molar-refractivity contribution in [3.05, 3.63) is 111 Å². The van der Waals surface area contributed by atoms with Gasteiger partial charge in [-0.3, -0.25) is 14.2 Å². The molecule has 0 unspecified atom stereocenters. The van der Waals surface area contributed by atoms with Gasteiger partial charge in [-0.2, -0.15) is 0 Å². The molecule has 1 amide bonds. The van der Waals surface area contributed by atoms with Crippen LogP contribution < -0.4 is 11.2 Å². The Morgan fingerprint density at radius 3 is 2.19 bits per heavy atom. The molecule has 5 rings (SSSR count). The van der Waals surface area contributed by atoms with Gasteiger partial charge in [0.25, 0.3) is 5.56 Å². The number of para-hydroxylation sites is 1. The molecule has 1 aliphatic rings. The summed E-state index contributed by atoms with van der Waals surface area (Å²) in [4.78, 5) is 41.6. The van der Waals surface area contributed by atoms with Gasteiger partial charge in [-0.05, 0) is 48.7 Å². The molecule has 0 bridgehead atoms. The average molecular weight is 486 g/mol. The molecule has 0 N–H and O–H groups in total. The van der Waals surface area contributed by atoms with Gasteiger partial charge in [0.1, 0.15) is 5.82 Å². The van der Waals surface area contributed by atoms with Crippen LogP contribution in [-0.2, 0) is 17.8 Å². The van der Waals surface area contributed by atoms with Crippen molar-refractivity contribution in [2.45, 2.75) is 38.6 Å². The molecule has 1 fully saturated rings. The fourth-order valence-corrected chi connectivity index (χ4v) is 4.87. The lowest BCUT2D eigenvalue weighted by atomic mass is 10.1. The zero-order chi connectivity index (χ0) is 25.1.